The highest BCUT2D eigenvalue weighted by atomic mass is 16.6. The zero-order valence-electron chi connectivity index (χ0n) is 13.3. The lowest BCUT2D eigenvalue weighted by atomic mass is 10.1. The monoisotopic (exact) mass is 338 g/mol. The second kappa shape index (κ2) is 6.56. The van der Waals surface area contributed by atoms with E-state index in [1.54, 1.807) is 25.3 Å². The fourth-order valence-corrected chi connectivity index (χ4v) is 2.74. The standard InChI is InChI=1S/C18H14N2O5/c1-2-25-17-9-13(20(23)24)7-8-15(17)19-10-12-5-3-4-6-14(12)18(19)16(22)11-21/h3-11H,2H2,1H3. The molecule has 0 bridgehead atoms. The van der Waals surface area contributed by atoms with E-state index in [0.29, 0.717) is 17.7 Å². The number of non-ortho nitro benzene ring substituents is 1. The SMILES string of the molecule is CCOc1cc([N+](=O)[O-])ccc1-n1cc2ccccc2c1C(=O)C=O. The van der Waals surface area contributed by atoms with Crippen LogP contribution in [0.15, 0.2) is 48.7 Å². The summed E-state index contributed by atoms with van der Waals surface area (Å²) in [5.74, 6) is -0.418. The quantitative estimate of drug-likeness (QED) is 0.226. The number of nitrogens with zero attached hydrogens (tertiary/aromatic N) is 2. The molecule has 7 nitrogen and oxygen atoms in total. The van der Waals surface area contributed by atoms with Crippen molar-refractivity contribution in [2.24, 2.45) is 0 Å². The Bertz CT molecular complexity index is 990. The van der Waals surface area contributed by atoms with E-state index in [-0.39, 0.29) is 23.4 Å². The summed E-state index contributed by atoms with van der Waals surface area (Å²) in [5, 5.41) is 12.4. The van der Waals surface area contributed by atoms with E-state index in [2.05, 4.69) is 0 Å². The highest BCUT2D eigenvalue weighted by molar-refractivity contribution is 6.36. The lowest BCUT2D eigenvalue weighted by molar-refractivity contribution is -0.384. The Hall–Kier alpha value is -3.48. The molecule has 0 amide bonds. The zero-order valence-corrected chi connectivity index (χ0v) is 13.3. The second-order valence-corrected chi connectivity index (χ2v) is 5.26. The van der Waals surface area contributed by atoms with Crippen LogP contribution >= 0.6 is 0 Å². The van der Waals surface area contributed by atoms with Gasteiger partial charge in [-0.2, -0.15) is 0 Å². The molecule has 0 fully saturated rings. The average Bonchev–Trinajstić information content (AvgIpc) is 3.00. The largest absolute Gasteiger partial charge is 0.491 e. The van der Waals surface area contributed by atoms with Gasteiger partial charge in [-0.05, 0) is 13.0 Å². The van der Waals surface area contributed by atoms with E-state index in [1.807, 2.05) is 12.1 Å². The molecule has 0 saturated heterocycles. The van der Waals surface area contributed by atoms with Gasteiger partial charge in [-0.15, -0.1) is 0 Å². The molecule has 1 heterocycles. The first kappa shape index (κ1) is 16.4. The van der Waals surface area contributed by atoms with Crippen LogP contribution in [0.25, 0.3) is 16.5 Å². The minimum atomic E-state index is -0.679. The van der Waals surface area contributed by atoms with Gasteiger partial charge < -0.3 is 9.30 Å². The number of benzene rings is 2. The summed E-state index contributed by atoms with van der Waals surface area (Å²) in [6, 6.07) is 11.3. The molecular weight excluding hydrogens is 324 g/mol. The van der Waals surface area contributed by atoms with Crippen molar-refractivity contribution in [2.45, 2.75) is 6.92 Å². The van der Waals surface area contributed by atoms with E-state index in [9.17, 15) is 19.7 Å². The molecule has 0 atom stereocenters. The van der Waals surface area contributed by atoms with Crippen LogP contribution in [0.3, 0.4) is 0 Å². The number of nitro benzene ring substituents is 1. The van der Waals surface area contributed by atoms with Gasteiger partial charge in [0.25, 0.3) is 5.69 Å². The van der Waals surface area contributed by atoms with Crippen LogP contribution in [0.4, 0.5) is 5.69 Å². The minimum Gasteiger partial charge on any atom is -0.491 e. The summed E-state index contributed by atoms with van der Waals surface area (Å²) < 4.78 is 7.06. The number of fused-ring (bicyclic) bond motifs is 1. The van der Waals surface area contributed by atoms with E-state index in [1.165, 1.54) is 22.8 Å². The van der Waals surface area contributed by atoms with Crippen LogP contribution in [-0.4, -0.2) is 28.2 Å². The van der Waals surface area contributed by atoms with Gasteiger partial charge >= 0.3 is 0 Å². The maximum absolute atomic E-state index is 12.2. The van der Waals surface area contributed by atoms with Crippen molar-refractivity contribution in [3.8, 4) is 11.4 Å². The third-order valence-electron chi connectivity index (χ3n) is 3.78. The van der Waals surface area contributed by atoms with Gasteiger partial charge in [0.05, 0.1) is 23.3 Å². The molecule has 7 heteroatoms. The average molecular weight is 338 g/mol. The summed E-state index contributed by atoms with van der Waals surface area (Å²) in [7, 11) is 0. The minimum absolute atomic E-state index is 0.118. The molecule has 2 aromatic carbocycles. The van der Waals surface area contributed by atoms with E-state index in [0.717, 1.165) is 5.39 Å². The Morgan fingerprint density at radius 2 is 2.04 bits per heavy atom. The summed E-state index contributed by atoms with van der Waals surface area (Å²) in [6.45, 7) is 2.05. The Kier molecular flexibility index (Phi) is 4.30. The van der Waals surface area contributed by atoms with Crippen molar-refractivity contribution in [3.63, 3.8) is 0 Å². The second-order valence-electron chi connectivity index (χ2n) is 5.26. The van der Waals surface area contributed by atoms with Gasteiger partial charge in [0.2, 0.25) is 5.78 Å². The number of hydrogen-bond donors (Lipinski definition) is 0. The van der Waals surface area contributed by atoms with E-state index < -0.39 is 10.7 Å². The Labute approximate surface area is 142 Å². The molecule has 0 radical (unpaired) electrons. The molecule has 126 valence electrons. The van der Waals surface area contributed by atoms with Crippen molar-refractivity contribution in [3.05, 3.63) is 64.5 Å². The first-order valence-electron chi connectivity index (χ1n) is 7.58. The Morgan fingerprint density at radius 3 is 2.72 bits per heavy atom. The van der Waals surface area contributed by atoms with Crippen LogP contribution in [0.5, 0.6) is 5.75 Å². The van der Waals surface area contributed by atoms with Crippen LogP contribution in [0.1, 0.15) is 17.4 Å². The van der Waals surface area contributed by atoms with E-state index in [4.69, 9.17) is 4.74 Å². The lowest BCUT2D eigenvalue weighted by Gasteiger charge is -2.13. The van der Waals surface area contributed by atoms with Crippen LogP contribution in [0.2, 0.25) is 0 Å². The molecule has 0 aliphatic heterocycles. The Balaban J connectivity index is 2.30. The maximum Gasteiger partial charge on any atom is 0.273 e. The molecule has 0 unspecified atom stereocenters. The van der Waals surface area contributed by atoms with Crippen molar-refractivity contribution >= 4 is 28.5 Å². The first-order valence-corrected chi connectivity index (χ1v) is 7.58. The molecule has 0 saturated carbocycles. The molecular formula is C18H14N2O5. The highest BCUT2D eigenvalue weighted by Gasteiger charge is 2.21. The summed E-state index contributed by atoms with van der Waals surface area (Å²) in [6.07, 6.45) is 1.96. The van der Waals surface area contributed by atoms with Crippen LogP contribution in [0, 0.1) is 10.1 Å². The van der Waals surface area contributed by atoms with Gasteiger partial charge in [-0.1, -0.05) is 24.3 Å². The number of nitro groups is 1. The fraction of sp³-hybridized carbons (Fsp3) is 0.111. The van der Waals surface area contributed by atoms with Crippen molar-refractivity contribution < 1.29 is 19.2 Å². The number of aromatic nitrogens is 1. The van der Waals surface area contributed by atoms with Crippen LogP contribution in [-0.2, 0) is 4.79 Å². The molecule has 3 rings (SSSR count). The molecule has 3 aromatic rings. The predicted molar refractivity (Wildman–Crippen MR) is 91.5 cm³/mol. The molecule has 0 aliphatic carbocycles. The fourth-order valence-electron chi connectivity index (χ4n) is 2.74. The van der Waals surface area contributed by atoms with E-state index >= 15 is 0 Å². The van der Waals surface area contributed by atoms with Crippen LogP contribution < -0.4 is 4.74 Å². The highest BCUT2D eigenvalue weighted by Crippen LogP contribution is 2.32. The molecule has 25 heavy (non-hydrogen) atoms. The third kappa shape index (κ3) is 2.87. The van der Waals surface area contributed by atoms with Gasteiger partial charge in [0.15, 0.2) is 6.29 Å². The van der Waals surface area contributed by atoms with Gasteiger partial charge in [0.1, 0.15) is 11.4 Å². The number of carbonyl (C=O) groups excluding carboxylic acids is 2. The summed E-state index contributed by atoms with van der Waals surface area (Å²) in [4.78, 5) is 33.8. The number of Topliss-reactive ketones (excluding diaryl/α,β-unsaturated/α-hetero) is 1. The third-order valence-corrected chi connectivity index (χ3v) is 3.78. The number of ether oxygens (including phenoxy) is 1. The number of aldehydes is 1. The smallest absolute Gasteiger partial charge is 0.273 e. The predicted octanol–water partition coefficient (Wildman–Crippen LogP) is 3.32. The maximum atomic E-state index is 12.2. The molecule has 0 aliphatic rings. The van der Waals surface area contributed by atoms with Gasteiger partial charge in [-0.3, -0.25) is 19.7 Å². The number of hydrogen-bond acceptors (Lipinski definition) is 5. The number of carbonyl (C=O) groups is 2. The van der Waals surface area contributed by atoms with Crippen molar-refractivity contribution in [2.75, 3.05) is 6.61 Å². The normalized spacial score (nSPS) is 10.6. The van der Waals surface area contributed by atoms with Gasteiger partial charge in [0, 0.05) is 23.0 Å². The van der Waals surface area contributed by atoms with Gasteiger partial charge in [-0.25, -0.2) is 0 Å². The molecule has 1 aromatic heterocycles. The van der Waals surface area contributed by atoms with Crippen molar-refractivity contribution in [1.29, 1.82) is 0 Å². The summed E-state index contributed by atoms with van der Waals surface area (Å²) in [5.41, 5.74) is 0.529. The van der Waals surface area contributed by atoms with Crippen molar-refractivity contribution in [1.82, 2.24) is 4.57 Å². The number of ketones is 1. The molecule has 0 N–H and O–H groups in total. The molecule has 0 spiro atoms. The number of rotatable bonds is 6. The Morgan fingerprint density at radius 1 is 1.28 bits per heavy atom. The first-order chi connectivity index (χ1) is 12.1. The summed E-state index contributed by atoms with van der Waals surface area (Å²) >= 11 is 0. The lowest BCUT2D eigenvalue weighted by Crippen LogP contribution is -2.10. The topological polar surface area (TPSA) is 91.4 Å². The zero-order chi connectivity index (χ0) is 18.0.